The van der Waals surface area contributed by atoms with Crippen LogP contribution in [0.5, 0.6) is 0 Å². The van der Waals surface area contributed by atoms with E-state index in [1.165, 1.54) is 0 Å². The third-order valence-electron chi connectivity index (χ3n) is 2.58. The molecule has 0 radical (unpaired) electrons. The van der Waals surface area contributed by atoms with Crippen LogP contribution in [0.1, 0.15) is 43.1 Å². The third kappa shape index (κ3) is 6.75. The van der Waals surface area contributed by atoms with Gasteiger partial charge in [-0.3, -0.25) is 4.79 Å². The van der Waals surface area contributed by atoms with Gasteiger partial charge in [0, 0.05) is 18.7 Å². The molecule has 0 spiro atoms. The smallest absolute Gasteiger partial charge is 0.407 e. The summed E-state index contributed by atoms with van der Waals surface area (Å²) in [7, 11) is 0. The molecule has 0 unspecified atom stereocenters. The van der Waals surface area contributed by atoms with Crippen molar-refractivity contribution in [3.63, 3.8) is 0 Å². The largest absolute Gasteiger partial charge is 0.444 e. The Morgan fingerprint density at radius 1 is 1.14 bits per heavy atom. The Morgan fingerprint density at radius 3 is 2.27 bits per heavy atom. The fourth-order valence-electron chi connectivity index (χ4n) is 1.59. The highest BCUT2D eigenvalue weighted by Crippen LogP contribution is 2.06. The molecule has 6 heteroatoms. The van der Waals surface area contributed by atoms with E-state index < -0.39 is 11.7 Å². The number of carbonyl (C=O) groups is 2. The van der Waals surface area contributed by atoms with Crippen LogP contribution in [0.2, 0.25) is 0 Å². The summed E-state index contributed by atoms with van der Waals surface area (Å²) in [4.78, 5) is 23.2. The summed E-state index contributed by atoms with van der Waals surface area (Å²) < 4.78 is 5.09. The van der Waals surface area contributed by atoms with Crippen molar-refractivity contribution in [2.45, 2.75) is 32.8 Å². The summed E-state index contributed by atoms with van der Waals surface area (Å²) in [5, 5.41) is 14.1. The van der Waals surface area contributed by atoms with Gasteiger partial charge in [-0.1, -0.05) is 0 Å². The quantitative estimate of drug-likeness (QED) is 0.816. The van der Waals surface area contributed by atoms with Gasteiger partial charge in [0.25, 0.3) is 5.91 Å². The summed E-state index contributed by atoms with van der Waals surface area (Å²) in [6, 6.07) is 8.40. The number of alkyl carbamates (subject to hydrolysis) is 1. The average molecular weight is 303 g/mol. The van der Waals surface area contributed by atoms with Crippen molar-refractivity contribution in [3.05, 3.63) is 35.4 Å². The highest BCUT2D eigenvalue weighted by atomic mass is 16.6. The van der Waals surface area contributed by atoms with E-state index >= 15 is 0 Å². The van der Waals surface area contributed by atoms with Crippen molar-refractivity contribution in [2.75, 3.05) is 13.1 Å². The van der Waals surface area contributed by atoms with Crippen molar-refractivity contribution in [1.82, 2.24) is 10.6 Å². The molecule has 0 saturated carbocycles. The lowest BCUT2D eigenvalue weighted by molar-refractivity contribution is 0.0527. The molecular formula is C16H21N3O3. The van der Waals surface area contributed by atoms with Crippen molar-refractivity contribution in [3.8, 4) is 6.07 Å². The van der Waals surface area contributed by atoms with Crippen LogP contribution >= 0.6 is 0 Å². The first-order valence-corrected chi connectivity index (χ1v) is 7.07. The van der Waals surface area contributed by atoms with Crippen LogP contribution in [0.15, 0.2) is 24.3 Å². The minimum Gasteiger partial charge on any atom is -0.444 e. The topological polar surface area (TPSA) is 91.2 Å². The number of nitrogens with one attached hydrogen (secondary N) is 2. The number of hydrogen-bond acceptors (Lipinski definition) is 4. The number of rotatable bonds is 5. The van der Waals surface area contributed by atoms with Crippen LogP contribution in [-0.4, -0.2) is 30.7 Å². The fraction of sp³-hybridized carbons (Fsp3) is 0.438. The first-order valence-electron chi connectivity index (χ1n) is 7.07. The van der Waals surface area contributed by atoms with E-state index in [0.717, 1.165) is 0 Å². The van der Waals surface area contributed by atoms with Gasteiger partial charge in [0.1, 0.15) is 5.60 Å². The average Bonchev–Trinajstić information content (AvgIpc) is 2.45. The second-order valence-electron chi connectivity index (χ2n) is 5.73. The summed E-state index contributed by atoms with van der Waals surface area (Å²) in [5.41, 5.74) is 0.491. The van der Waals surface area contributed by atoms with Gasteiger partial charge in [0.15, 0.2) is 0 Å². The molecule has 118 valence electrons. The van der Waals surface area contributed by atoms with Gasteiger partial charge in [-0.2, -0.15) is 5.26 Å². The highest BCUT2D eigenvalue weighted by Gasteiger charge is 2.15. The lowest BCUT2D eigenvalue weighted by Crippen LogP contribution is -2.34. The van der Waals surface area contributed by atoms with E-state index in [0.29, 0.717) is 30.6 Å². The zero-order valence-corrected chi connectivity index (χ0v) is 13.1. The maximum Gasteiger partial charge on any atom is 0.407 e. The Morgan fingerprint density at radius 2 is 1.73 bits per heavy atom. The molecule has 1 aromatic rings. The number of benzene rings is 1. The van der Waals surface area contributed by atoms with Gasteiger partial charge < -0.3 is 15.4 Å². The van der Waals surface area contributed by atoms with Gasteiger partial charge in [0.2, 0.25) is 0 Å². The van der Waals surface area contributed by atoms with E-state index in [1.54, 1.807) is 45.0 Å². The molecule has 0 aliphatic rings. The fourth-order valence-corrected chi connectivity index (χ4v) is 1.59. The number of hydrogen-bond donors (Lipinski definition) is 2. The number of carbonyl (C=O) groups excluding carboxylic acids is 2. The Kier molecular flexibility index (Phi) is 6.39. The van der Waals surface area contributed by atoms with E-state index in [1.807, 2.05) is 6.07 Å². The zero-order valence-electron chi connectivity index (χ0n) is 13.1. The first-order chi connectivity index (χ1) is 10.3. The molecule has 0 aromatic heterocycles. The van der Waals surface area contributed by atoms with Gasteiger partial charge in [0.05, 0.1) is 11.6 Å². The Bertz CT molecular complexity index is 553. The summed E-state index contributed by atoms with van der Waals surface area (Å²) in [5.74, 6) is -0.207. The van der Waals surface area contributed by atoms with Crippen LogP contribution in [0.3, 0.4) is 0 Å². The number of nitriles is 1. The number of ether oxygens (including phenoxy) is 1. The normalized spacial score (nSPS) is 10.5. The van der Waals surface area contributed by atoms with Gasteiger partial charge in [-0.15, -0.1) is 0 Å². The second-order valence-corrected chi connectivity index (χ2v) is 5.73. The maximum atomic E-state index is 11.8. The molecule has 22 heavy (non-hydrogen) atoms. The van der Waals surface area contributed by atoms with Crippen molar-refractivity contribution >= 4 is 12.0 Å². The molecular weight excluding hydrogens is 282 g/mol. The number of nitrogens with zero attached hydrogens (tertiary/aromatic N) is 1. The van der Waals surface area contributed by atoms with Gasteiger partial charge in [-0.25, -0.2) is 4.79 Å². The van der Waals surface area contributed by atoms with Crippen LogP contribution in [0.4, 0.5) is 4.79 Å². The molecule has 0 fully saturated rings. The van der Waals surface area contributed by atoms with E-state index in [4.69, 9.17) is 10.00 Å². The Hall–Kier alpha value is -2.55. The minimum absolute atomic E-state index is 0.207. The molecule has 0 heterocycles. The molecule has 0 aliphatic carbocycles. The molecule has 1 aromatic carbocycles. The van der Waals surface area contributed by atoms with Crippen LogP contribution in [0, 0.1) is 11.3 Å². The first kappa shape index (κ1) is 17.5. The molecule has 2 N–H and O–H groups in total. The van der Waals surface area contributed by atoms with Crippen LogP contribution in [-0.2, 0) is 4.74 Å². The monoisotopic (exact) mass is 303 g/mol. The summed E-state index contributed by atoms with van der Waals surface area (Å²) >= 11 is 0. The third-order valence-corrected chi connectivity index (χ3v) is 2.58. The molecule has 2 amide bonds. The number of amides is 2. The molecule has 1 rings (SSSR count). The van der Waals surface area contributed by atoms with Crippen LogP contribution < -0.4 is 10.6 Å². The molecule has 0 bridgehead atoms. The standard InChI is InChI=1S/C16H21N3O3/c1-16(2,3)22-15(21)19-10-4-9-18-14(20)13-7-5-12(11-17)6-8-13/h5-8H,4,9-10H2,1-3H3,(H,18,20)(H,19,21). The maximum absolute atomic E-state index is 11.8. The highest BCUT2D eigenvalue weighted by molar-refractivity contribution is 5.94. The van der Waals surface area contributed by atoms with E-state index in [2.05, 4.69) is 10.6 Å². The Balaban J connectivity index is 2.23. The Labute approximate surface area is 130 Å². The second kappa shape index (κ2) is 8.03. The lowest BCUT2D eigenvalue weighted by Gasteiger charge is -2.19. The zero-order chi connectivity index (χ0) is 16.6. The predicted octanol–water partition coefficient (Wildman–Crippen LogP) is 2.20. The van der Waals surface area contributed by atoms with Gasteiger partial charge >= 0.3 is 6.09 Å². The SMILES string of the molecule is CC(C)(C)OC(=O)NCCCNC(=O)c1ccc(C#N)cc1. The molecule has 6 nitrogen and oxygen atoms in total. The summed E-state index contributed by atoms with van der Waals surface area (Å²) in [6.45, 7) is 6.25. The molecule has 0 atom stereocenters. The minimum atomic E-state index is -0.520. The summed E-state index contributed by atoms with van der Waals surface area (Å²) in [6.07, 6.45) is 0.132. The van der Waals surface area contributed by atoms with Crippen LogP contribution in [0.25, 0.3) is 0 Å². The lowest BCUT2D eigenvalue weighted by atomic mass is 10.1. The van der Waals surface area contributed by atoms with E-state index in [-0.39, 0.29) is 5.91 Å². The predicted molar refractivity (Wildman–Crippen MR) is 82.3 cm³/mol. The van der Waals surface area contributed by atoms with E-state index in [9.17, 15) is 9.59 Å². The molecule has 0 aliphatic heterocycles. The molecule has 0 saturated heterocycles. The van der Waals surface area contributed by atoms with Gasteiger partial charge in [-0.05, 0) is 51.5 Å². The van der Waals surface area contributed by atoms with Crippen molar-refractivity contribution < 1.29 is 14.3 Å². The van der Waals surface area contributed by atoms with Crippen molar-refractivity contribution in [1.29, 1.82) is 5.26 Å². The van der Waals surface area contributed by atoms with Crippen molar-refractivity contribution in [2.24, 2.45) is 0 Å².